The number of rotatable bonds is 9. The molecular formula is C19H30IN3O2. The van der Waals surface area contributed by atoms with Gasteiger partial charge in [0.05, 0.1) is 7.11 Å². The number of ether oxygens (including phenoxy) is 1. The summed E-state index contributed by atoms with van der Waals surface area (Å²) in [6, 6.07) is 10.7. The predicted octanol–water partition coefficient (Wildman–Crippen LogP) is 3.23. The number of hydrogen-bond acceptors (Lipinski definition) is 3. The largest absolute Gasteiger partial charge is 0.469 e. The molecule has 1 fully saturated rings. The zero-order valence-electron chi connectivity index (χ0n) is 15.2. The van der Waals surface area contributed by atoms with E-state index in [1.54, 1.807) is 7.05 Å². The van der Waals surface area contributed by atoms with Crippen molar-refractivity contribution < 1.29 is 9.53 Å². The van der Waals surface area contributed by atoms with Crippen molar-refractivity contribution in [2.24, 2.45) is 4.99 Å². The van der Waals surface area contributed by atoms with Crippen LogP contribution < -0.4 is 10.6 Å². The summed E-state index contributed by atoms with van der Waals surface area (Å²) in [6.07, 6.45) is 5.86. The van der Waals surface area contributed by atoms with E-state index in [1.807, 2.05) is 0 Å². The Hall–Kier alpha value is -1.31. The SMILES string of the molecule is CN=C(NCCCCCC(=O)OC)NCC1(c2ccccc2)CC1.I. The van der Waals surface area contributed by atoms with Gasteiger partial charge >= 0.3 is 5.97 Å². The molecule has 0 amide bonds. The molecule has 1 aliphatic rings. The fourth-order valence-corrected chi connectivity index (χ4v) is 2.86. The van der Waals surface area contributed by atoms with E-state index in [-0.39, 0.29) is 35.4 Å². The lowest BCUT2D eigenvalue weighted by molar-refractivity contribution is -0.140. The van der Waals surface area contributed by atoms with E-state index in [1.165, 1.54) is 25.5 Å². The van der Waals surface area contributed by atoms with E-state index in [9.17, 15) is 4.79 Å². The lowest BCUT2D eigenvalue weighted by atomic mass is 9.96. The van der Waals surface area contributed by atoms with Crippen LogP contribution in [0.2, 0.25) is 0 Å². The molecule has 1 saturated carbocycles. The van der Waals surface area contributed by atoms with Gasteiger partial charge in [0.1, 0.15) is 0 Å². The molecule has 0 unspecified atom stereocenters. The Bertz CT molecular complexity index is 545. The summed E-state index contributed by atoms with van der Waals surface area (Å²) in [7, 11) is 3.23. The minimum Gasteiger partial charge on any atom is -0.469 e. The summed E-state index contributed by atoms with van der Waals surface area (Å²) < 4.78 is 4.63. The van der Waals surface area contributed by atoms with Gasteiger partial charge in [0.15, 0.2) is 5.96 Å². The Kier molecular flexibility index (Phi) is 9.85. The first-order valence-electron chi connectivity index (χ1n) is 8.77. The minimum atomic E-state index is -0.129. The highest BCUT2D eigenvalue weighted by Crippen LogP contribution is 2.47. The number of aliphatic imine (C=N–C) groups is 1. The zero-order chi connectivity index (χ0) is 17.3. The molecule has 0 heterocycles. The highest BCUT2D eigenvalue weighted by atomic mass is 127. The van der Waals surface area contributed by atoms with Crippen molar-refractivity contribution in [1.29, 1.82) is 0 Å². The van der Waals surface area contributed by atoms with Crippen LogP contribution in [0, 0.1) is 0 Å². The average Bonchev–Trinajstić information content (AvgIpc) is 3.42. The molecule has 1 aliphatic carbocycles. The van der Waals surface area contributed by atoms with Crippen LogP contribution in [0.25, 0.3) is 0 Å². The van der Waals surface area contributed by atoms with E-state index in [0.717, 1.165) is 38.3 Å². The number of methoxy groups -OCH3 is 1. The Labute approximate surface area is 168 Å². The van der Waals surface area contributed by atoms with Gasteiger partial charge in [0.2, 0.25) is 0 Å². The van der Waals surface area contributed by atoms with Crippen molar-refractivity contribution in [3.63, 3.8) is 0 Å². The number of unbranched alkanes of at least 4 members (excludes halogenated alkanes) is 2. The number of benzene rings is 1. The van der Waals surface area contributed by atoms with Crippen molar-refractivity contribution in [2.45, 2.75) is 43.9 Å². The maximum Gasteiger partial charge on any atom is 0.305 e. The number of nitrogens with zero attached hydrogens (tertiary/aromatic N) is 1. The molecule has 0 radical (unpaired) electrons. The molecule has 0 aromatic heterocycles. The number of halogens is 1. The molecule has 0 spiro atoms. The summed E-state index contributed by atoms with van der Waals surface area (Å²) >= 11 is 0. The van der Waals surface area contributed by atoms with E-state index >= 15 is 0 Å². The molecule has 0 atom stereocenters. The summed E-state index contributed by atoms with van der Waals surface area (Å²) in [5, 5.41) is 6.80. The van der Waals surface area contributed by atoms with Crippen LogP contribution in [-0.4, -0.2) is 39.2 Å². The van der Waals surface area contributed by atoms with Crippen LogP contribution in [0.3, 0.4) is 0 Å². The number of carbonyl (C=O) groups excluding carboxylic acids is 1. The molecule has 5 nitrogen and oxygen atoms in total. The second-order valence-electron chi connectivity index (χ2n) is 6.39. The first-order valence-corrected chi connectivity index (χ1v) is 8.77. The number of carbonyl (C=O) groups is 1. The molecule has 1 aromatic rings. The number of esters is 1. The van der Waals surface area contributed by atoms with Crippen LogP contribution in [0.15, 0.2) is 35.3 Å². The predicted molar refractivity (Wildman–Crippen MR) is 113 cm³/mol. The van der Waals surface area contributed by atoms with Gasteiger partial charge in [-0.15, -0.1) is 24.0 Å². The third-order valence-corrected chi connectivity index (χ3v) is 4.64. The number of hydrogen-bond donors (Lipinski definition) is 2. The molecule has 2 N–H and O–H groups in total. The third-order valence-electron chi connectivity index (χ3n) is 4.64. The third kappa shape index (κ3) is 7.22. The second-order valence-corrected chi connectivity index (χ2v) is 6.39. The smallest absolute Gasteiger partial charge is 0.305 e. The van der Waals surface area contributed by atoms with Crippen molar-refractivity contribution in [3.8, 4) is 0 Å². The summed E-state index contributed by atoms with van der Waals surface area (Å²) in [5.41, 5.74) is 1.69. The lowest BCUT2D eigenvalue weighted by Crippen LogP contribution is -2.41. The molecule has 1 aromatic carbocycles. The van der Waals surface area contributed by atoms with Gasteiger partial charge in [-0.3, -0.25) is 9.79 Å². The maximum atomic E-state index is 11.0. The average molecular weight is 459 g/mol. The Morgan fingerprint density at radius 2 is 1.88 bits per heavy atom. The zero-order valence-corrected chi connectivity index (χ0v) is 17.5. The van der Waals surface area contributed by atoms with E-state index in [0.29, 0.717) is 6.42 Å². The first-order chi connectivity index (χ1) is 11.7. The fourth-order valence-electron chi connectivity index (χ4n) is 2.86. The maximum absolute atomic E-state index is 11.0. The van der Waals surface area contributed by atoms with Crippen molar-refractivity contribution in [2.75, 3.05) is 27.2 Å². The molecule has 0 bridgehead atoms. The van der Waals surface area contributed by atoms with Crippen LogP contribution in [-0.2, 0) is 14.9 Å². The van der Waals surface area contributed by atoms with Crippen molar-refractivity contribution in [1.82, 2.24) is 10.6 Å². The lowest BCUT2D eigenvalue weighted by Gasteiger charge is -2.19. The topological polar surface area (TPSA) is 62.7 Å². The molecule has 0 saturated heterocycles. The monoisotopic (exact) mass is 459 g/mol. The summed E-state index contributed by atoms with van der Waals surface area (Å²) in [4.78, 5) is 15.3. The van der Waals surface area contributed by atoms with Crippen LogP contribution in [0.1, 0.15) is 44.1 Å². The van der Waals surface area contributed by atoms with Gasteiger partial charge in [-0.2, -0.15) is 0 Å². The highest BCUT2D eigenvalue weighted by Gasteiger charge is 2.43. The highest BCUT2D eigenvalue weighted by molar-refractivity contribution is 14.0. The minimum absolute atomic E-state index is 0. The number of nitrogens with one attached hydrogen (secondary N) is 2. The van der Waals surface area contributed by atoms with Gasteiger partial charge in [-0.05, 0) is 31.2 Å². The second kappa shape index (κ2) is 11.3. The molecular weight excluding hydrogens is 429 g/mol. The Balaban J connectivity index is 0.00000312. The van der Waals surface area contributed by atoms with E-state index in [4.69, 9.17) is 0 Å². The number of guanidine groups is 1. The van der Waals surface area contributed by atoms with Gasteiger partial charge in [0.25, 0.3) is 0 Å². The summed E-state index contributed by atoms with van der Waals surface area (Å²) in [6.45, 7) is 1.78. The van der Waals surface area contributed by atoms with Crippen molar-refractivity contribution in [3.05, 3.63) is 35.9 Å². The van der Waals surface area contributed by atoms with Crippen LogP contribution in [0.4, 0.5) is 0 Å². The van der Waals surface area contributed by atoms with Gasteiger partial charge in [0, 0.05) is 32.0 Å². The van der Waals surface area contributed by atoms with Crippen LogP contribution >= 0.6 is 24.0 Å². The normalized spacial score (nSPS) is 15.0. The first kappa shape index (κ1) is 21.7. The molecule has 140 valence electrons. The van der Waals surface area contributed by atoms with Crippen molar-refractivity contribution >= 4 is 35.9 Å². The Morgan fingerprint density at radius 3 is 2.48 bits per heavy atom. The van der Waals surface area contributed by atoms with Crippen LogP contribution in [0.5, 0.6) is 0 Å². The standard InChI is InChI=1S/C19H29N3O2.HI/c1-20-18(21-14-8-4-7-11-17(23)24-2)22-15-19(12-13-19)16-9-5-3-6-10-16;/h3,5-6,9-10H,4,7-8,11-15H2,1-2H3,(H2,20,21,22);1H. The Morgan fingerprint density at radius 1 is 1.16 bits per heavy atom. The van der Waals surface area contributed by atoms with Gasteiger partial charge in [-0.25, -0.2) is 0 Å². The molecule has 0 aliphatic heterocycles. The van der Waals surface area contributed by atoms with E-state index in [2.05, 4.69) is 50.7 Å². The molecule has 25 heavy (non-hydrogen) atoms. The van der Waals surface area contributed by atoms with E-state index < -0.39 is 0 Å². The van der Waals surface area contributed by atoms with Gasteiger partial charge in [-0.1, -0.05) is 36.8 Å². The molecule has 2 rings (SSSR count). The quantitative estimate of drug-likeness (QED) is 0.196. The summed E-state index contributed by atoms with van der Waals surface area (Å²) in [5.74, 6) is 0.723. The van der Waals surface area contributed by atoms with Gasteiger partial charge < -0.3 is 15.4 Å². The molecule has 6 heteroatoms. The fraction of sp³-hybridized carbons (Fsp3) is 0.579.